The molecule has 0 N–H and O–H groups in total. The monoisotopic (exact) mass is 250 g/mol. The molecule has 0 fully saturated rings. The number of ketones is 1. The molecule has 1 aliphatic heterocycles. The number of hydrogen-bond acceptors (Lipinski definition) is 2. The molecule has 1 aromatic carbocycles. The lowest BCUT2D eigenvalue weighted by atomic mass is 10.1. The smallest absolute Gasteiger partial charge is 0.411 e. The molecule has 0 saturated heterocycles. The lowest BCUT2D eigenvalue weighted by molar-refractivity contribution is -0.358. The van der Waals surface area contributed by atoms with Gasteiger partial charge in [-0.15, -0.1) is 0 Å². The van der Waals surface area contributed by atoms with E-state index in [0.717, 1.165) is 12.2 Å². The second kappa shape index (κ2) is 4.97. The Morgan fingerprint density at radius 1 is 1.47 bits per heavy atom. The standard InChI is InChI=1S/C13H17NO2P/c1-4-12-7-5-6-8-13(12)16-17-9-14(17)10(2)11(3)15/h5-10H,4H2,1-3H3/q+1. The van der Waals surface area contributed by atoms with Crippen molar-refractivity contribution in [1.29, 1.82) is 0 Å². The summed E-state index contributed by atoms with van der Waals surface area (Å²) in [6, 6.07) is 8.00. The average Bonchev–Trinajstić information content (AvgIpc) is 3.08. The van der Waals surface area contributed by atoms with Crippen LogP contribution in [0.25, 0.3) is 0 Å². The van der Waals surface area contributed by atoms with Crippen molar-refractivity contribution in [3.8, 4) is 5.75 Å². The molecular weight excluding hydrogens is 233 g/mol. The van der Waals surface area contributed by atoms with Gasteiger partial charge in [-0.25, -0.2) is 0 Å². The fourth-order valence-corrected chi connectivity index (χ4v) is 3.10. The highest BCUT2D eigenvalue weighted by atomic mass is 31.2. The third-order valence-corrected chi connectivity index (χ3v) is 4.43. The molecule has 0 bridgehead atoms. The summed E-state index contributed by atoms with van der Waals surface area (Å²) >= 11 is 0. The first-order valence-corrected chi connectivity index (χ1v) is 7.10. The first kappa shape index (κ1) is 12.3. The molecule has 2 atom stereocenters. The van der Waals surface area contributed by atoms with Gasteiger partial charge in [0.15, 0.2) is 5.78 Å². The number of aryl methyl sites for hydroxylation is 1. The van der Waals surface area contributed by atoms with E-state index in [0.29, 0.717) is 0 Å². The van der Waals surface area contributed by atoms with E-state index in [2.05, 4.69) is 13.0 Å². The quantitative estimate of drug-likeness (QED) is 0.752. The minimum Gasteiger partial charge on any atom is -0.411 e. The van der Waals surface area contributed by atoms with Crippen molar-refractivity contribution in [3.05, 3.63) is 29.8 Å². The summed E-state index contributed by atoms with van der Waals surface area (Å²) in [4.78, 5) is 11.2. The summed E-state index contributed by atoms with van der Waals surface area (Å²) in [5.74, 6) is 3.13. The van der Waals surface area contributed by atoms with Crippen molar-refractivity contribution in [3.63, 3.8) is 0 Å². The molecule has 1 aromatic rings. The summed E-state index contributed by atoms with van der Waals surface area (Å²) in [5.41, 5.74) is 1.21. The lowest BCUT2D eigenvalue weighted by Gasteiger charge is -2.06. The van der Waals surface area contributed by atoms with Gasteiger partial charge in [0, 0.05) is 13.8 Å². The Hall–Kier alpha value is -1.21. The number of benzene rings is 1. The summed E-state index contributed by atoms with van der Waals surface area (Å²) in [6.07, 6.45) is 0.960. The van der Waals surface area contributed by atoms with Crippen LogP contribution in [0, 0.1) is 0 Å². The maximum atomic E-state index is 11.2. The Morgan fingerprint density at radius 2 is 2.18 bits per heavy atom. The largest absolute Gasteiger partial charge is 0.488 e. The molecule has 90 valence electrons. The van der Waals surface area contributed by atoms with Gasteiger partial charge in [0.05, 0.1) is 0 Å². The topological polar surface area (TPSA) is 29.3 Å². The van der Waals surface area contributed by atoms with E-state index in [1.54, 1.807) is 6.92 Å². The highest BCUT2D eigenvalue weighted by Gasteiger charge is 2.48. The molecule has 1 aliphatic rings. The first-order valence-electron chi connectivity index (χ1n) is 5.82. The minimum atomic E-state index is -0.696. The molecule has 0 saturated carbocycles. The van der Waals surface area contributed by atoms with Crippen LogP contribution in [0.3, 0.4) is 0 Å². The number of nitrogens with zero attached hydrogens (tertiary/aromatic N) is 1. The highest BCUT2D eigenvalue weighted by molar-refractivity contribution is 7.68. The van der Waals surface area contributed by atoms with Crippen molar-refractivity contribution >= 4 is 20.0 Å². The molecule has 0 spiro atoms. The number of para-hydroxylation sites is 1. The van der Waals surface area contributed by atoms with Crippen molar-refractivity contribution in [2.24, 2.45) is 0 Å². The number of rotatable bonds is 5. The van der Waals surface area contributed by atoms with E-state index >= 15 is 0 Å². The predicted molar refractivity (Wildman–Crippen MR) is 69.8 cm³/mol. The van der Waals surface area contributed by atoms with Gasteiger partial charge in [0.25, 0.3) is 5.96 Å². The van der Waals surface area contributed by atoms with Gasteiger partial charge in [0.1, 0.15) is 5.75 Å². The van der Waals surface area contributed by atoms with Gasteiger partial charge in [-0.2, -0.15) is 4.35 Å². The molecule has 1 heterocycles. The zero-order chi connectivity index (χ0) is 12.4. The van der Waals surface area contributed by atoms with Crippen LogP contribution in [0.5, 0.6) is 5.75 Å². The number of Topliss-reactive ketones (excluding diaryl/α,β-unsaturated/α-hetero) is 1. The normalized spacial score (nSPS) is 19.5. The van der Waals surface area contributed by atoms with Crippen LogP contribution >= 0.6 is 8.30 Å². The van der Waals surface area contributed by atoms with E-state index in [-0.39, 0.29) is 11.8 Å². The summed E-state index contributed by atoms with van der Waals surface area (Å²) in [7, 11) is -0.696. The Morgan fingerprint density at radius 3 is 2.82 bits per heavy atom. The van der Waals surface area contributed by atoms with Gasteiger partial charge < -0.3 is 4.52 Å². The van der Waals surface area contributed by atoms with E-state index < -0.39 is 8.30 Å². The third-order valence-electron chi connectivity index (χ3n) is 2.92. The molecule has 4 heteroatoms. The fraction of sp³-hybridized carbons (Fsp3) is 0.385. The average molecular weight is 250 g/mol. The van der Waals surface area contributed by atoms with Gasteiger partial charge in [-0.3, -0.25) is 4.79 Å². The maximum absolute atomic E-state index is 11.2. The Kier molecular flexibility index (Phi) is 3.58. The molecule has 0 radical (unpaired) electrons. The van der Waals surface area contributed by atoms with Gasteiger partial charge in [0.2, 0.25) is 6.04 Å². The lowest BCUT2D eigenvalue weighted by Crippen LogP contribution is -2.18. The van der Waals surface area contributed by atoms with Crippen molar-refractivity contribution in [2.75, 3.05) is 0 Å². The summed E-state index contributed by atoms with van der Waals surface area (Å²) < 4.78 is 7.92. The zero-order valence-corrected chi connectivity index (χ0v) is 11.3. The van der Waals surface area contributed by atoms with Crippen molar-refractivity contribution in [1.82, 2.24) is 0 Å². The van der Waals surface area contributed by atoms with Crippen LogP contribution in [0.2, 0.25) is 0 Å². The van der Waals surface area contributed by atoms with Crippen molar-refractivity contribution < 1.29 is 13.7 Å². The molecule has 0 aliphatic carbocycles. The van der Waals surface area contributed by atoms with Gasteiger partial charge >= 0.3 is 8.30 Å². The van der Waals surface area contributed by atoms with Crippen LogP contribution < -0.4 is 4.52 Å². The molecule has 2 rings (SSSR count). The minimum absolute atomic E-state index is 0.0603. The molecule has 0 amide bonds. The van der Waals surface area contributed by atoms with Gasteiger partial charge in [-0.1, -0.05) is 25.1 Å². The van der Waals surface area contributed by atoms with E-state index in [1.165, 1.54) is 5.56 Å². The number of hydrogen-bond donors (Lipinski definition) is 0. The Labute approximate surface area is 103 Å². The van der Waals surface area contributed by atoms with E-state index in [1.807, 2.05) is 35.4 Å². The second-order valence-corrected chi connectivity index (χ2v) is 5.62. The SMILES string of the molecule is CCc1ccccc1OP1C=[N+]1C(C)C(C)=O. The Balaban J connectivity index is 1.99. The van der Waals surface area contributed by atoms with Crippen LogP contribution in [0.4, 0.5) is 0 Å². The molecule has 2 unspecified atom stereocenters. The molecule has 3 nitrogen and oxygen atoms in total. The number of carbonyl (C=O) groups is 1. The molecular formula is C13H17NO2P+. The van der Waals surface area contributed by atoms with E-state index in [9.17, 15) is 4.79 Å². The second-order valence-electron chi connectivity index (χ2n) is 4.14. The van der Waals surface area contributed by atoms with Crippen molar-refractivity contribution in [2.45, 2.75) is 33.2 Å². The van der Waals surface area contributed by atoms with Crippen LogP contribution in [-0.2, 0) is 11.2 Å². The molecule has 17 heavy (non-hydrogen) atoms. The predicted octanol–water partition coefficient (Wildman–Crippen LogP) is 2.97. The third kappa shape index (κ3) is 2.73. The first-order chi connectivity index (χ1) is 8.13. The van der Waals surface area contributed by atoms with E-state index in [4.69, 9.17) is 4.52 Å². The van der Waals surface area contributed by atoms with Gasteiger partial charge in [-0.05, 0) is 18.1 Å². The summed E-state index contributed by atoms with van der Waals surface area (Å²) in [6.45, 7) is 5.64. The zero-order valence-electron chi connectivity index (χ0n) is 10.4. The van der Waals surface area contributed by atoms with Crippen LogP contribution in [0.15, 0.2) is 24.3 Å². The van der Waals surface area contributed by atoms with Crippen LogP contribution in [-0.4, -0.2) is 22.1 Å². The molecule has 0 aromatic heterocycles. The number of carbonyl (C=O) groups excluding carboxylic acids is 1. The summed E-state index contributed by atoms with van der Waals surface area (Å²) in [5, 5.41) is 0. The highest BCUT2D eigenvalue weighted by Crippen LogP contribution is 2.48. The maximum Gasteiger partial charge on any atom is 0.488 e. The van der Waals surface area contributed by atoms with Crippen LogP contribution in [0.1, 0.15) is 26.3 Å². The Bertz CT molecular complexity index is 470. The fourth-order valence-electron chi connectivity index (χ4n) is 1.59.